The van der Waals surface area contributed by atoms with Gasteiger partial charge in [0.2, 0.25) is 0 Å². The zero-order valence-corrected chi connectivity index (χ0v) is 14.8. The number of benzene rings is 1. The molecule has 1 N–H and O–H groups in total. The Bertz CT molecular complexity index is 547. The quantitative estimate of drug-likeness (QED) is 0.853. The lowest BCUT2D eigenvalue weighted by Crippen LogP contribution is -2.26. The molecule has 1 saturated heterocycles. The normalized spacial score (nSPS) is 33.5. The maximum Gasteiger partial charge on any atom is 0.0595 e. The molecule has 2 aliphatic carbocycles. The molecule has 1 aromatic carbocycles. The topological polar surface area (TPSA) is 21.3 Å². The largest absolute Gasteiger partial charge is 0.378 e. The Morgan fingerprint density at radius 1 is 1.18 bits per heavy atom. The smallest absolute Gasteiger partial charge is 0.0595 e. The van der Waals surface area contributed by atoms with Gasteiger partial charge >= 0.3 is 0 Å². The first-order valence-electron chi connectivity index (χ1n) is 7.99. The van der Waals surface area contributed by atoms with Crippen LogP contribution in [-0.2, 0) is 10.2 Å². The summed E-state index contributed by atoms with van der Waals surface area (Å²) in [5.74, 6) is 1.33. The van der Waals surface area contributed by atoms with Crippen molar-refractivity contribution >= 4 is 35.6 Å². The fourth-order valence-corrected chi connectivity index (χ4v) is 4.80. The zero-order valence-electron chi connectivity index (χ0n) is 12.5. The Labute approximate surface area is 148 Å². The van der Waals surface area contributed by atoms with Gasteiger partial charge in [0.15, 0.2) is 0 Å². The van der Waals surface area contributed by atoms with Gasteiger partial charge in [0.05, 0.1) is 22.8 Å². The van der Waals surface area contributed by atoms with Crippen LogP contribution in [0.5, 0.6) is 0 Å². The van der Waals surface area contributed by atoms with Gasteiger partial charge in [-0.15, -0.1) is 12.4 Å². The summed E-state index contributed by atoms with van der Waals surface area (Å²) in [7, 11) is 0. The summed E-state index contributed by atoms with van der Waals surface area (Å²) in [6, 6.07) is 6.12. The number of halogens is 3. The fraction of sp³-hybridized carbons (Fsp3) is 0.647. The van der Waals surface area contributed by atoms with Crippen LogP contribution in [0.3, 0.4) is 0 Å². The molecule has 0 unspecified atom stereocenters. The van der Waals surface area contributed by atoms with Crippen molar-refractivity contribution in [2.75, 3.05) is 19.7 Å². The third kappa shape index (κ3) is 2.67. The molecule has 3 fully saturated rings. The summed E-state index contributed by atoms with van der Waals surface area (Å²) >= 11 is 12.3. The molecule has 3 atom stereocenters. The van der Waals surface area contributed by atoms with Crippen LogP contribution in [0, 0.1) is 11.8 Å². The van der Waals surface area contributed by atoms with Crippen molar-refractivity contribution in [2.45, 2.75) is 37.2 Å². The van der Waals surface area contributed by atoms with E-state index in [2.05, 4.69) is 17.4 Å². The van der Waals surface area contributed by atoms with Crippen LogP contribution < -0.4 is 5.32 Å². The molecule has 2 saturated carbocycles. The van der Waals surface area contributed by atoms with E-state index in [0.29, 0.717) is 28.0 Å². The van der Waals surface area contributed by atoms with Gasteiger partial charge in [-0.3, -0.25) is 0 Å². The second kappa shape index (κ2) is 6.49. The molecule has 0 bridgehead atoms. The van der Waals surface area contributed by atoms with Crippen molar-refractivity contribution in [1.29, 1.82) is 0 Å². The molecule has 0 spiro atoms. The van der Waals surface area contributed by atoms with E-state index in [1.807, 2.05) is 6.07 Å². The maximum absolute atomic E-state index is 6.22. The molecular formula is C17H22Cl3NO. The summed E-state index contributed by atoms with van der Waals surface area (Å²) in [4.78, 5) is 0. The molecule has 0 amide bonds. The minimum Gasteiger partial charge on any atom is -0.378 e. The van der Waals surface area contributed by atoms with Gasteiger partial charge in [0, 0.05) is 12.0 Å². The first-order chi connectivity index (χ1) is 10.2. The van der Waals surface area contributed by atoms with E-state index in [1.165, 1.54) is 31.2 Å². The molecule has 1 aliphatic heterocycles. The van der Waals surface area contributed by atoms with Crippen LogP contribution in [0.4, 0.5) is 0 Å². The van der Waals surface area contributed by atoms with Crippen LogP contribution in [-0.4, -0.2) is 25.8 Å². The Hall–Kier alpha value is 0.01000. The summed E-state index contributed by atoms with van der Waals surface area (Å²) in [6.45, 7) is 3.03. The fourth-order valence-electron chi connectivity index (χ4n) is 4.50. The average Bonchev–Trinajstić information content (AvgIpc) is 2.93. The highest BCUT2D eigenvalue weighted by Crippen LogP contribution is 2.62. The molecule has 122 valence electrons. The standard InChI is InChI=1S/C17H21Cl2NO.ClH/c18-15-6-5-11(7-16(15)19)17-10-20-8-13(17)14(17)9-21-12-3-1-2-4-12;/h5-7,12-14,20H,1-4,8-10H2;1H/t13-,14-,17+;/m0./s1. The van der Waals surface area contributed by atoms with E-state index in [9.17, 15) is 0 Å². The Balaban J connectivity index is 0.00000144. The Morgan fingerprint density at radius 2 is 1.95 bits per heavy atom. The van der Waals surface area contributed by atoms with Crippen molar-refractivity contribution in [3.05, 3.63) is 33.8 Å². The number of fused-ring (bicyclic) bond motifs is 1. The molecule has 3 aliphatic rings. The first-order valence-corrected chi connectivity index (χ1v) is 8.75. The molecule has 1 aromatic rings. The predicted molar refractivity (Wildman–Crippen MR) is 93.4 cm³/mol. The molecule has 5 heteroatoms. The number of hydrogen-bond donors (Lipinski definition) is 1. The van der Waals surface area contributed by atoms with Gasteiger partial charge in [-0.05, 0) is 48.9 Å². The highest BCUT2D eigenvalue weighted by atomic mass is 35.5. The summed E-state index contributed by atoms with van der Waals surface area (Å²) < 4.78 is 6.18. The molecule has 22 heavy (non-hydrogen) atoms. The number of hydrogen-bond acceptors (Lipinski definition) is 2. The Kier molecular flexibility index (Phi) is 4.97. The molecule has 0 aromatic heterocycles. The number of rotatable bonds is 4. The van der Waals surface area contributed by atoms with Crippen LogP contribution in [0.15, 0.2) is 18.2 Å². The van der Waals surface area contributed by atoms with E-state index in [0.717, 1.165) is 19.7 Å². The lowest BCUT2D eigenvalue weighted by Gasteiger charge is -2.18. The molecule has 4 rings (SSSR count). The summed E-state index contributed by atoms with van der Waals surface area (Å²) in [5, 5.41) is 4.82. The lowest BCUT2D eigenvalue weighted by molar-refractivity contribution is 0.0445. The molecule has 2 nitrogen and oxygen atoms in total. The van der Waals surface area contributed by atoms with Gasteiger partial charge in [-0.25, -0.2) is 0 Å². The first kappa shape index (κ1) is 16.9. The van der Waals surface area contributed by atoms with Crippen LogP contribution in [0.1, 0.15) is 31.2 Å². The van der Waals surface area contributed by atoms with Crippen molar-refractivity contribution < 1.29 is 4.74 Å². The minimum absolute atomic E-state index is 0. The summed E-state index contributed by atoms with van der Waals surface area (Å²) in [5.41, 5.74) is 1.55. The Morgan fingerprint density at radius 3 is 2.68 bits per heavy atom. The molecule has 1 heterocycles. The van der Waals surface area contributed by atoms with E-state index < -0.39 is 0 Å². The van der Waals surface area contributed by atoms with E-state index in [1.54, 1.807) is 0 Å². The number of ether oxygens (including phenoxy) is 1. The highest BCUT2D eigenvalue weighted by molar-refractivity contribution is 6.42. The molecule has 0 radical (unpaired) electrons. The second-order valence-electron chi connectivity index (χ2n) is 6.75. The second-order valence-corrected chi connectivity index (χ2v) is 7.57. The predicted octanol–water partition coefficient (Wildman–Crippen LogP) is 4.46. The average molecular weight is 363 g/mol. The zero-order chi connectivity index (χ0) is 14.4. The van der Waals surface area contributed by atoms with Gasteiger partial charge in [0.25, 0.3) is 0 Å². The van der Waals surface area contributed by atoms with Gasteiger partial charge in [-0.2, -0.15) is 0 Å². The van der Waals surface area contributed by atoms with Gasteiger partial charge in [0.1, 0.15) is 0 Å². The number of nitrogens with one attached hydrogen (secondary N) is 1. The van der Waals surface area contributed by atoms with Crippen LogP contribution >= 0.6 is 35.6 Å². The third-order valence-electron chi connectivity index (χ3n) is 5.75. The van der Waals surface area contributed by atoms with Crippen molar-refractivity contribution in [1.82, 2.24) is 5.32 Å². The van der Waals surface area contributed by atoms with E-state index >= 15 is 0 Å². The highest BCUT2D eigenvalue weighted by Gasteiger charge is 2.67. The number of piperidine rings is 1. The lowest BCUT2D eigenvalue weighted by atomic mass is 9.93. The molecular weight excluding hydrogens is 341 g/mol. The van der Waals surface area contributed by atoms with E-state index in [4.69, 9.17) is 27.9 Å². The maximum atomic E-state index is 6.22. The van der Waals surface area contributed by atoms with Gasteiger partial charge in [-0.1, -0.05) is 42.1 Å². The van der Waals surface area contributed by atoms with Crippen molar-refractivity contribution in [2.24, 2.45) is 11.8 Å². The van der Waals surface area contributed by atoms with Crippen LogP contribution in [0.2, 0.25) is 10.0 Å². The van der Waals surface area contributed by atoms with Crippen molar-refractivity contribution in [3.8, 4) is 0 Å². The monoisotopic (exact) mass is 361 g/mol. The SMILES string of the molecule is Cl.Clc1ccc([C@]23CNC[C@H]2[C@@H]3COC2CCCC2)cc1Cl. The van der Waals surface area contributed by atoms with Crippen LogP contribution in [0.25, 0.3) is 0 Å². The third-order valence-corrected chi connectivity index (χ3v) is 6.49. The minimum atomic E-state index is 0. The van der Waals surface area contributed by atoms with Crippen molar-refractivity contribution in [3.63, 3.8) is 0 Å². The van der Waals surface area contributed by atoms with Gasteiger partial charge < -0.3 is 10.1 Å². The summed E-state index contributed by atoms with van der Waals surface area (Å²) in [6.07, 6.45) is 5.66. The van der Waals surface area contributed by atoms with E-state index in [-0.39, 0.29) is 17.8 Å².